The highest BCUT2D eigenvalue weighted by Crippen LogP contribution is 2.38. The first-order chi connectivity index (χ1) is 9.61. The monoisotopic (exact) mass is 344 g/mol. The summed E-state index contributed by atoms with van der Waals surface area (Å²) in [5, 5.41) is 8.92. The van der Waals surface area contributed by atoms with E-state index in [0.29, 0.717) is 0 Å². The van der Waals surface area contributed by atoms with Gasteiger partial charge >= 0.3 is 12.1 Å². The quantitative estimate of drug-likeness (QED) is 0.866. The van der Waals surface area contributed by atoms with Crippen molar-refractivity contribution >= 4 is 35.1 Å². The van der Waals surface area contributed by atoms with Crippen molar-refractivity contribution in [2.75, 3.05) is 13.1 Å². The van der Waals surface area contributed by atoms with E-state index in [2.05, 4.69) is 4.98 Å². The number of carbonyl (C=O) groups is 2. The number of hydrogen-bond acceptors (Lipinski definition) is 2. The zero-order valence-electron chi connectivity index (χ0n) is 10.2. The summed E-state index contributed by atoms with van der Waals surface area (Å²) in [6.07, 6.45) is -4.69. The fourth-order valence-corrected chi connectivity index (χ4v) is 2.55. The average Bonchev–Trinajstić information content (AvgIpc) is 2.93. The largest absolute Gasteiger partial charge is 0.481 e. The van der Waals surface area contributed by atoms with Gasteiger partial charge in [-0.2, -0.15) is 13.2 Å². The normalized spacial score (nSPS) is 22.6. The van der Waals surface area contributed by atoms with Crippen molar-refractivity contribution in [3.05, 3.63) is 21.9 Å². The molecular formula is C11H9Cl2F3N2O3. The second-order valence-corrected chi connectivity index (χ2v) is 5.43. The van der Waals surface area contributed by atoms with Crippen LogP contribution in [0.1, 0.15) is 10.5 Å². The topological polar surface area (TPSA) is 73.4 Å². The number of carboxylic acid groups (broad SMARTS) is 1. The van der Waals surface area contributed by atoms with E-state index in [1.54, 1.807) is 0 Å². The Morgan fingerprint density at radius 3 is 2.33 bits per heavy atom. The Balaban J connectivity index is 2.22. The van der Waals surface area contributed by atoms with E-state index < -0.39 is 43.0 Å². The molecule has 1 saturated heterocycles. The summed E-state index contributed by atoms with van der Waals surface area (Å²) in [4.78, 5) is 26.3. The minimum absolute atomic E-state index is 0.0126. The first-order valence-corrected chi connectivity index (χ1v) is 6.49. The number of amides is 1. The van der Waals surface area contributed by atoms with Crippen LogP contribution in [0.15, 0.2) is 6.07 Å². The van der Waals surface area contributed by atoms with Gasteiger partial charge in [0.05, 0.1) is 16.9 Å². The Morgan fingerprint density at radius 2 is 1.95 bits per heavy atom. The van der Waals surface area contributed by atoms with Gasteiger partial charge in [0.2, 0.25) is 0 Å². The minimum Gasteiger partial charge on any atom is -0.481 e. The highest BCUT2D eigenvalue weighted by molar-refractivity contribution is 6.41. The Kier molecular flexibility index (Phi) is 4.12. The highest BCUT2D eigenvalue weighted by atomic mass is 35.5. The molecule has 0 spiro atoms. The van der Waals surface area contributed by atoms with Crippen molar-refractivity contribution in [1.82, 2.24) is 9.88 Å². The van der Waals surface area contributed by atoms with Crippen molar-refractivity contribution in [2.45, 2.75) is 6.18 Å². The number of H-pyrrole nitrogens is 1. The first-order valence-electron chi connectivity index (χ1n) is 5.74. The molecule has 1 fully saturated rings. The molecule has 10 heteroatoms. The van der Waals surface area contributed by atoms with Crippen molar-refractivity contribution in [1.29, 1.82) is 0 Å². The van der Waals surface area contributed by atoms with Crippen LogP contribution in [0.5, 0.6) is 0 Å². The van der Waals surface area contributed by atoms with Gasteiger partial charge in [-0.15, -0.1) is 0 Å². The summed E-state index contributed by atoms with van der Waals surface area (Å²) in [5.41, 5.74) is -0.0861. The van der Waals surface area contributed by atoms with Crippen LogP contribution in [0.25, 0.3) is 0 Å². The number of nitrogens with zero attached hydrogens (tertiary/aromatic N) is 1. The number of aromatic amines is 1. The van der Waals surface area contributed by atoms with E-state index in [-0.39, 0.29) is 15.9 Å². The van der Waals surface area contributed by atoms with Crippen molar-refractivity contribution < 1.29 is 27.9 Å². The molecule has 1 aromatic heterocycles. The molecule has 2 N–H and O–H groups in total. The van der Waals surface area contributed by atoms with Gasteiger partial charge in [0.1, 0.15) is 10.8 Å². The van der Waals surface area contributed by atoms with E-state index in [1.807, 2.05) is 0 Å². The van der Waals surface area contributed by atoms with E-state index in [9.17, 15) is 22.8 Å². The predicted molar refractivity (Wildman–Crippen MR) is 67.4 cm³/mol. The van der Waals surface area contributed by atoms with Crippen LogP contribution in [0, 0.1) is 11.8 Å². The number of halogens is 5. The van der Waals surface area contributed by atoms with Crippen molar-refractivity contribution in [3.8, 4) is 0 Å². The Morgan fingerprint density at radius 1 is 1.33 bits per heavy atom. The third-order valence-electron chi connectivity index (χ3n) is 3.30. The molecule has 5 nitrogen and oxygen atoms in total. The molecule has 2 atom stereocenters. The number of likely N-dealkylation sites (tertiary alicyclic amines) is 1. The summed E-state index contributed by atoms with van der Waals surface area (Å²) < 4.78 is 38.5. The van der Waals surface area contributed by atoms with Crippen LogP contribution in [0.2, 0.25) is 10.2 Å². The molecule has 0 aromatic carbocycles. The molecule has 0 radical (unpaired) electrons. The van der Waals surface area contributed by atoms with Gasteiger partial charge in [-0.25, -0.2) is 0 Å². The number of hydrogen-bond donors (Lipinski definition) is 2. The number of nitrogens with one attached hydrogen (secondary N) is 1. The summed E-state index contributed by atoms with van der Waals surface area (Å²) in [6, 6.07) is 1.18. The summed E-state index contributed by atoms with van der Waals surface area (Å²) in [7, 11) is 0. The van der Waals surface area contributed by atoms with Crippen molar-refractivity contribution in [2.24, 2.45) is 11.8 Å². The number of carboxylic acids is 1. The van der Waals surface area contributed by atoms with Crippen LogP contribution in [-0.4, -0.2) is 46.1 Å². The Hall–Kier alpha value is -1.41. The van der Waals surface area contributed by atoms with Crippen LogP contribution in [0.3, 0.4) is 0 Å². The lowest BCUT2D eigenvalue weighted by molar-refractivity contribution is -0.187. The van der Waals surface area contributed by atoms with Crippen LogP contribution in [0.4, 0.5) is 13.2 Å². The smallest absolute Gasteiger partial charge is 0.394 e. The third kappa shape index (κ3) is 3.11. The van der Waals surface area contributed by atoms with Gasteiger partial charge in [-0.05, 0) is 6.07 Å². The maximum Gasteiger partial charge on any atom is 0.394 e. The second-order valence-electron chi connectivity index (χ2n) is 4.65. The highest BCUT2D eigenvalue weighted by Gasteiger charge is 2.53. The molecule has 1 aliphatic rings. The van der Waals surface area contributed by atoms with Gasteiger partial charge in [0.25, 0.3) is 5.91 Å². The molecule has 1 aliphatic heterocycles. The van der Waals surface area contributed by atoms with Crippen LogP contribution < -0.4 is 0 Å². The first kappa shape index (κ1) is 16.0. The van der Waals surface area contributed by atoms with E-state index in [1.165, 1.54) is 6.07 Å². The maximum absolute atomic E-state index is 12.8. The zero-order valence-corrected chi connectivity index (χ0v) is 11.8. The fourth-order valence-electron chi connectivity index (χ4n) is 2.24. The lowest BCUT2D eigenvalue weighted by atomic mass is 9.96. The Labute approximate surface area is 126 Å². The number of rotatable bonds is 2. The molecule has 21 heavy (non-hydrogen) atoms. The second kappa shape index (κ2) is 5.42. The standard InChI is InChI=1S/C11H9Cl2F3N2O3/c12-6-1-7(17-8(6)13)9(19)18-2-4(10(20)21)5(3-18)11(14,15)16/h1,4-5,17H,2-3H2,(H,20,21)/t4-,5-/m1/s1. The van der Waals surface area contributed by atoms with Gasteiger partial charge in [0, 0.05) is 13.1 Å². The van der Waals surface area contributed by atoms with Gasteiger partial charge < -0.3 is 15.0 Å². The average molecular weight is 345 g/mol. The number of aliphatic carboxylic acids is 1. The third-order valence-corrected chi connectivity index (χ3v) is 3.99. The van der Waals surface area contributed by atoms with Gasteiger partial charge in [0.15, 0.2) is 0 Å². The van der Waals surface area contributed by atoms with E-state index >= 15 is 0 Å². The molecule has 0 aliphatic carbocycles. The molecule has 116 valence electrons. The molecule has 1 aromatic rings. The molecule has 0 saturated carbocycles. The lowest BCUT2D eigenvalue weighted by Gasteiger charge is -2.18. The fraction of sp³-hybridized carbons (Fsp3) is 0.455. The van der Waals surface area contributed by atoms with E-state index in [0.717, 1.165) is 4.90 Å². The van der Waals surface area contributed by atoms with E-state index in [4.69, 9.17) is 28.3 Å². The molecule has 0 bridgehead atoms. The van der Waals surface area contributed by atoms with Crippen LogP contribution in [-0.2, 0) is 4.79 Å². The molecular weight excluding hydrogens is 336 g/mol. The maximum atomic E-state index is 12.8. The van der Waals surface area contributed by atoms with Gasteiger partial charge in [-0.3, -0.25) is 9.59 Å². The number of carbonyl (C=O) groups excluding carboxylic acids is 1. The number of alkyl halides is 3. The minimum atomic E-state index is -4.69. The van der Waals surface area contributed by atoms with Crippen LogP contribution >= 0.6 is 23.2 Å². The molecule has 0 unspecified atom stereocenters. The SMILES string of the molecule is O=C(O)[C@@H]1CN(C(=O)c2cc(Cl)c(Cl)[nH]2)C[C@H]1C(F)(F)F. The molecule has 1 amide bonds. The molecule has 2 rings (SSSR count). The lowest BCUT2D eigenvalue weighted by Crippen LogP contribution is -2.34. The summed E-state index contributed by atoms with van der Waals surface area (Å²) in [6.45, 7) is -1.24. The van der Waals surface area contributed by atoms with Gasteiger partial charge in [-0.1, -0.05) is 23.2 Å². The summed E-state index contributed by atoms with van der Waals surface area (Å²) in [5.74, 6) is -6.15. The predicted octanol–water partition coefficient (Wildman–Crippen LogP) is 2.66. The zero-order chi connectivity index (χ0) is 15.9. The van der Waals surface area contributed by atoms with Crippen molar-refractivity contribution in [3.63, 3.8) is 0 Å². The summed E-state index contributed by atoms with van der Waals surface area (Å²) >= 11 is 11.3. The Bertz CT molecular complexity index is 568. The molecule has 2 heterocycles. The number of aromatic nitrogens is 1.